The summed E-state index contributed by atoms with van der Waals surface area (Å²) in [6, 6.07) is -2.57. The summed E-state index contributed by atoms with van der Waals surface area (Å²) in [6.07, 6.45) is 4.92. The minimum atomic E-state index is -1.75. The number of likely N-dealkylation sites (tertiary alicyclic amines) is 1. The second-order valence-electron chi connectivity index (χ2n) is 10.2. The van der Waals surface area contributed by atoms with E-state index >= 15 is 0 Å². The molecule has 2 aliphatic rings. The summed E-state index contributed by atoms with van der Waals surface area (Å²) in [6.45, 7) is 6.69. The van der Waals surface area contributed by atoms with Gasteiger partial charge in [0.15, 0.2) is 0 Å². The fraction of sp³-hybridized carbons (Fsp3) is 0.826. The van der Waals surface area contributed by atoms with Gasteiger partial charge < -0.3 is 25.0 Å². The van der Waals surface area contributed by atoms with Crippen LogP contribution in [-0.2, 0) is 23.9 Å². The number of hydrogen-bond donors (Lipinski definition) is 2. The molecule has 3 atom stereocenters. The second-order valence-corrected chi connectivity index (χ2v) is 12.7. The van der Waals surface area contributed by atoms with E-state index in [4.69, 9.17) is 44.3 Å². The normalized spacial score (nSPS) is 21.1. The Morgan fingerprint density at radius 2 is 1.60 bits per heavy atom. The molecule has 1 saturated carbocycles. The molecule has 3 unspecified atom stereocenters. The number of esters is 1. The molecule has 35 heavy (non-hydrogen) atoms. The molecule has 1 heterocycles. The van der Waals surface area contributed by atoms with E-state index in [9.17, 15) is 19.2 Å². The molecule has 0 radical (unpaired) electrons. The smallest absolute Gasteiger partial charge is 0.408 e. The standard InChI is InChI=1S/C23H36Cl3N3O6/c1-14(19(31)29-12-8-11-16(29)20(32)34-13-23(24,25)26)27-18(30)17(15-9-6-5-7-10-15)28-21(33)35-22(2,3)4/h14-17H,5-13H2,1-4H3,(H,27,30)(H,28,33). The van der Waals surface area contributed by atoms with Gasteiger partial charge in [-0.25, -0.2) is 9.59 Å². The molecule has 200 valence electrons. The maximum atomic E-state index is 13.2. The third-order valence-electron chi connectivity index (χ3n) is 5.99. The van der Waals surface area contributed by atoms with E-state index < -0.39 is 58.0 Å². The number of rotatable bonds is 7. The number of carbonyl (C=O) groups is 4. The Labute approximate surface area is 221 Å². The number of alkyl halides is 3. The average Bonchev–Trinajstić information content (AvgIpc) is 3.24. The van der Waals surface area contributed by atoms with Crippen LogP contribution in [-0.4, -0.2) is 69.4 Å². The number of hydrogen-bond acceptors (Lipinski definition) is 6. The highest BCUT2D eigenvalue weighted by atomic mass is 35.6. The van der Waals surface area contributed by atoms with Crippen LogP contribution in [0, 0.1) is 5.92 Å². The van der Waals surface area contributed by atoms with Gasteiger partial charge in [0, 0.05) is 6.54 Å². The number of amides is 3. The quantitative estimate of drug-likeness (QED) is 0.363. The van der Waals surface area contributed by atoms with Crippen molar-refractivity contribution in [3.05, 3.63) is 0 Å². The van der Waals surface area contributed by atoms with Crippen molar-refractivity contribution in [2.24, 2.45) is 5.92 Å². The summed E-state index contributed by atoms with van der Waals surface area (Å²) in [5.41, 5.74) is -0.712. The Kier molecular flexibility index (Phi) is 10.8. The van der Waals surface area contributed by atoms with Gasteiger partial charge in [-0.05, 0) is 59.3 Å². The van der Waals surface area contributed by atoms with Gasteiger partial charge in [0.2, 0.25) is 15.6 Å². The highest BCUT2D eigenvalue weighted by Gasteiger charge is 2.39. The molecule has 1 aliphatic carbocycles. The zero-order valence-corrected chi connectivity index (χ0v) is 23.0. The molecule has 3 amide bonds. The van der Waals surface area contributed by atoms with Gasteiger partial charge in [0.25, 0.3) is 0 Å². The van der Waals surface area contributed by atoms with E-state index in [1.54, 1.807) is 27.7 Å². The lowest BCUT2D eigenvalue weighted by Crippen LogP contribution is -2.57. The van der Waals surface area contributed by atoms with E-state index in [0.29, 0.717) is 19.4 Å². The fourth-order valence-corrected chi connectivity index (χ4v) is 4.60. The summed E-state index contributed by atoms with van der Waals surface area (Å²) in [5.74, 6) is -1.60. The molecule has 1 aliphatic heterocycles. The van der Waals surface area contributed by atoms with Crippen molar-refractivity contribution in [2.75, 3.05) is 13.2 Å². The van der Waals surface area contributed by atoms with Gasteiger partial charge in [0.1, 0.15) is 30.3 Å². The van der Waals surface area contributed by atoms with Gasteiger partial charge >= 0.3 is 12.1 Å². The van der Waals surface area contributed by atoms with E-state index in [1.807, 2.05) is 0 Å². The Morgan fingerprint density at radius 1 is 0.971 bits per heavy atom. The zero-order chi connectivity index (χ0) is 26.4. The molecule has 1 saturated heterocycles. The second kappa shape index (κ2) is 12.7. The first-order chi connectivity index (χ1) is 16.2. The SMILES string of the molecule is CC(NC(=O)C(NC(=O)OC(C)(C)C)C1CCCCC1)C(=O)N1CCCC1C(=O)OCC(Cl)(Cl)Cl. The first-order valence-electron chi connectivity index (χ1n) is 12.0. The Balaban J connectivity index is 2.04. The molecular weight excluding hydrogens is 521 g/mol. The van der Waals surface area contributed by atoms with Crippen molar-refractivity contribution >= 4 is 58.7 Å². The van der Waals surface area contributed by atoms with Crippen molar-refractivity contribution in [2.45, 2.75) is 100 Å². The van der Waals surface area contributed by atoms with Crippen LogP contribution in [0.25, 0.3) is 0 Å². The van der Waals surface area contributed by atoms with Gasteiger partial charge in [-0.1, -0.05) is 54.1 Å². The molecule has 0 bridgehead atoms. The molecule has 2 N–H and O–H groups in total. The van der Waals surface area contributed by atoms with Crippen molar-refractivity contribution in [3.8, 4) is 0 Å². The molecule has 0 spiro atoms. The van der Waals surface area contributed by atoms with Gasteiger partial charge in [-0.2, -0.15) is 0 Å². The Bertz CT molecular complexity index is 777. The topological polar surface area (TPSA) is 114 Å². The summed E-state index contributed by atoms with van der Waals surface area (Å²) >= 11 is 16.9. The van der Waals surface area contributed by atoms with Gasteiger partial charge in [-0.3, -0.25) is 9.59 Å². The van der Waals surface area contributed by atoms with Gasteiger partial charge in [0.05, 0.1) is 0 Å². The number of nitrogens with zero attached hydrogens (tertiary/aromatic N) is 1. The molecule has 9 nitrogen and oxygen atoms in total. The van der Waals surface area contributed by atoms with Crippen LogP contribution >= 0.6 is 34.8 Å². The number of carbonyl (C=O) groups excluding carboxylic acids is 4. The molecule has 0 aromatic heterocycles. The lowest BCUT2D eigenvalue weighted by Gasteiger charge is -2.32. The maximum Gasteiger partial charge on any atom is 0.408 e. The van der Waals surface area contributed by atoms with Crippen LogP contribution in [0.15, 0.2) is 0 Å². The number of alkyl carbamates (subject to hydrolysis) is 1. The molecule has 2 fully saturated rings. The first-order valence-corrected chi connectivity index (χ1v) is 13.1. The minimum absolute atomic E-state index is 0.0602. The molecule has 0 aromatic carbocycles. The third-order valence-corrected chi connectivity index (χ3v) is 6.32. The van der Waals surface area contributed by atoms with E-state index in [0.717, 1.165) is 32.1 Å². The minimum Gasteiger partial charge on any atom is -0.460 e. The third kappa shape index (κ3) is 9.84. The summed E-state index contributed by atoms with van der Waals surface area (Å²) < 4.78 is 8.65. The maximum absolute atomic E-state index is 13.2. The first kappa shape index (κ1) is 29.8. The highest BCUT2D eigenvalue weighted by Crippen LogP contribution is 2.28. The molecule has 2 rings (SSSR count). The zero-order valence-electron chi connectivity index (χ0n) is 20.7. The molecular formula is C23H36Cl3N3O6. The summed E-state index contributed by atoms with van der Waals surface area (Å²) in [7, 11) is 0. The summed E-state index contributed by atoms with van der Waals surface area (Å²) in [4.78, 5) is 52.6. The number of ether oxygens (including phenoxy) is 2. The largest absolute Gasteiger partial charge is 0.460 e. The Morgan fingerprint density at radius 3 is 2.17 bits per heavy atom. The fourth-order valence-electron chi connectivity index (χ4n) is 4.44. The highest BCUT2D eigenvalue weighted by molar-refractivity contribution is 6.67. The predicted octanol–water partition coefficient (Wildman–Crippen LogP) is 3.87. The average molecular weight is 557 g/mol. The van der Waals surface area contributed by atoms with Crippen LogP contribution in [0.3, 0.4) is 0 Å². The van der Waals surface area contributed by atoms with Crippen molar-refractivity contribution in [1.82, 2.24) is 15.5 Å². The van der Waals surface area contributed by atoms with E-state index in [1.165, 1.54) is 4.90 Å². The van der Waals surface area contributed by atoms with Crippen molar-refractivity contribution < 1.29 is 28.7 Å². The van der Waals surface area contributed by atoms with E-state index in [2.05, 4.69) is 10.6 Å². The number of nitrogens with one attached hydrogen (secondary N) is 2. The van der Waals surface area contributed by atoms with Crippen molar-refractivity contribution in [3.63, 3.8) is 0 Å². The predicted molar refractivity (Wildman–Crippen MR) is 133 cm³/mol. The number of halogens is 3. The van der Waals surface area contributed by atoms with Crippen LogP contribution < -0.4 is 10.6 Å². The van der Waals surface area contributed by atoms with Crippen molar-refractivity contribution in [1.29, 1.82) is 0 Å². The lowest BCUT2D eigenvalue weighted by atomic mass is 9.83. The van der Waals surface area contributed by atoms with Gasteiger partial charge in [-0.15, -0.1) is 0 Å². The summed E-state index contributed by atoms with van der Waals surface area (Å²) in [5, 5.41) is 5.43. The van der Waals surface area contributed by atoms with Crippen LogP contribution in [0.1, 0.15) is 72.6 Å². The van der Waals surface area contributed by atoms with Crippen LogP contribution in [0.2, 0.25) is 0 Å². The van der Waals surface area contributed by atoms with E-state index in [-0.39, 0.29) is 5.92 Å². The monoisotopic (exact) mass is 555 g/mol. The lowest BCUT2D eigenvalue weighted by molar-refractivity contribution is -0.154. The molecule has 0 aromatic rings. The Hall–Kier alpha value is -1.45. The van der Waals surface area contributed by atoms with Crippen LogP contribution in [0.4, 0.5) is 4.79 Å². The van der Waals surface area contributed by atoms with Crippen LogP contribution in [0.5, 0.6) is 0 Å². The molecule has 12 heteroatoms.